The Labute approximate surface area is 85.3 Å². The fraction of sp³-hybridized carbons (Fsp3) is 0.545. The number of hydrogen-bond acceptors (Lipinski definition) is 3. The molecular weight excluding hydrogens is 176 g/mol. The summed E-state index contributed by atoms with van der Waals surface area (Å²) < 4.78 is 5.56. The molecule has 3 nitrogen and oxygen atoms in total. The summed E-state index contributed by atoms with van der Waals surface area (Å²) in [5.74, 6) is 0. The monoisotopic (exact) mass is 194 g/mol. The third-order valence-electron chi connectivity index (χ3n) is 2.04. The summed E-state index contributed by atoms with van der Waals surface area (Å²) in [6.45, 7) is 6.11. The van der Waals surface area contributed by atoms with Crippen molar-refractivity contribution in [2.24, 2.45) is 11.1 Å². The quantitative estimate of drug-likeness (QED) is 0.774. The Kier molecular flexibility index (Phi) is 4.04. The van der Waals surface area contributed by atoms with Gasteiger partial charge in [0.25, 0.3) is 0 Å². The van der Waals surface area contributed by atoms with Crippen LogP contribution in [0.4, 0.5) is 0 Å². The molecule has 0 aliphatic carbocycles. The fourth-order valence-corrected chi connectivity index (χ4v) is 0.988. The van der Waals surface area contributed by atoms with Gasteiger partial charge in [0.05, 0.1) is 13.2 Å². The third-order valence-corrected chi connectivity index (χ3v) is 2.04. The highest BCUT2D eigenvalue weighted by atomic mass is 16.5. The van der Waals surface area contributed by atoms with Crippen molar-refractivity contribution in [3.8, 4) is 0 Å². The summed E-state index contributed by atoms with van der Waals surface area (Å²) in [6, 6.07) is 3.91. The van der Waals surface area contributed by atoms with Gasteiger partial charge in [-0.25, -0.2) is 0 Å². The highest BCUT2D eigenvalue weighted by molar-refractivity contribution is 5.06. The Bertz CT molecular complexity index is 259. The zero-order chi connectivity index (χ0) is 10.4. The SMILES string of the molecule is CC(C)(CN)COCc1cccnc1. The standard InChI is InChI=1S/C11H18N2O/c1-11(2,8-12)9-14-7-10-4-3-5-13-6-10/h3-6H,7-9,12H2,1-2H3. The number of rotatable bonds is 5. The third kappa shape index (κ3) is 3.85. The molecule has 0 aliphatic rings. The number of pyridine rings is 1. The maximum Gasteiger partial charge on any atom is 0.0732 e. The van der Waals surface area contributed by atoms with E-state index in [1.165, 1.54) is 0 Å². The maximum absolute atomic E-state index is 5.59. The summed E-state index contributed by atoms with van der Waals surface area (Å²) in [6.07, 6.45) is 3.57. The van der Waals surface area contributed by atoms with Gasteiger partial charge in [-0.2, -0.15) is 0 Å². The van der Waals surface area contributed by atoms with Crippen molar-refractivity contribution in [3.63, 3.8) is 0 Å². The molecule has 1 heterocycles. The van der Waals surface area contributed by atoms with Gasteiger partial charge in [0.15, 0.2) is 0 Å². The summed E-state index contributed by atoms with van der Waals surface area (Å²) >= 11 is 0. The van der Waals surface area contributed by atoms with Crippen molar-refractivity contribution in [2.45, 2.75) is 20.5 Å². The topological polar surface area (TPSA) is 48.1 Å². The van der Waals surface area contributed by atoms with Gasteiger partial charge in [-0.3, -0.25) is 4.98 Å². The van der Waals surface area contributed by atoms with Gasteiger partial charge < -0.3 is 10.5 Å². The van der Waals surface area contributed by atoms with Crippen LogP contribution < -0.4 is 5.73 Å². The molecule has 1 rings (SSSR count). The van der Waals surface area contributed by atoms with E-state index in [1.807, 2.05) is 18.3 Å². The number of aromatic nitrogens is 1. The minimum Gasteiger partial charge on any atom is -0.376 e. The Balaban J connectivity index is 2.29. The molecule has 0 atom stereocenters. The molecule has 0 fully saturated rings. The first-order valence-electron chi connectivity index (χ1n) is 4.81. The molecule has 0 spiro atoms. The molecule has 3 heteroatoms. The first kappa shape index (κ1) is 11.1. The van der Waals surface area contributed by atoms with Crippen LogP contribution in [0.25, 0.3) is 0 Å². The Morgan fingerprint density at radius 1 is 1.50 bits per heavy atom. The molecule has 14 heavy (non-hydrogen) atoms. The first-order chi connectivity index (χ1) is 6.64. The minimum absolute atomic E-state index is 0.0577. The van der Waals surface area contributed by atoms with E-state index >= 15 is 0 Å². The van der Waals surface area contributed by atoms with E-state index in [4.69, 9.17) is 10.5 Å². The molecule has 0 saturated heterocycles. The smallest absolute Gasteiger partial charge is 0.0732 e. The lowest BCUT2D eigenvalue weighted by Gasteiger charge is -2.21. The van der Waals surface area contributed by atoms with Gasteiger partial charge in [0, 0.05) is 17.8 Å². The predicted octanol–water partition coefficient (Wildman–Crippen LogP) is 1.58. The lowest BCUT2D eigenvalue weighted by molar-refractivity contribution is 0.0552. The van der Waals surface area contributed by atoms with E-state index in [9.17, 15) is 0 Å². The van der Waals surface area contributed by atoms with Gasteiger partial charge in [0.2, 0.25) is 0 Å². The fourth-order valence-electron chi connectivity index (χ4n) is 0.988. The van der Waals surface area contributed by atoms with Crippen molar-refractivity contribution in [1.82, 2.24) is 4.98 Å². The predicted molar refractivity (Wildman–Crippen MR) is 56.7 cm³/mol. The van der Waals surface area contributed by atoms with E-state index in [2.05, 4.69) is 18.8 Å². The second-order valence-electron chi connectivity index (χ2n) is 4.22. The van der Waals surface area contributed by atoms with E-state index in [-0.39, 0.29) is 5.41 Å². The minimum atomic E-state index is 0.0577. The molecule has 1 aromatic heterocycles. The molecule has 0 radical (unpaired) electrons. The Hall–Kier alpha value is -0.930. The average molecular weight is 194 g/mol. The molecule has 2 N–H and O–H groups in total. The lowest BCUT2D eigenvalue weighted by atomic mass is 9.95. The Morgan fingerprint density at radius 3 is 2.86 bits per heavy atom. The van der Waals surface area contributed by atoms with Gasteiger partial charge in [-0.05, 0) is 18.2 Å². The molecule has 0 aromatic carbocycles. The van der Waals surface area contributed by atoms with Gasteiger partial charge in [-0.15, -0.1) is 0 Å². The molecule has 0 unspecified atom stereocenters. The van der Waals surface area contributed by atoms with Crippen LogP contribution in [0, 0.1) is 5.41 Å². The van der Waals surface area contributed by atoms with Crippen LogP contribution in [-0.4, -0.2) is 18.1 Å². The molecule has 78 valence electrons. The van der Waals surface area contributed by atoms with Crippen molar-refractivity contribution in [3.05, 3.63) is 30.1 Å². The molecule has 0 bridgehead atoms. The number of hydrogen-bond donors (Lipinski definition) is 1. The average Bonchev–Trinajstić information content (AvgIpc) is 2.19. The van der Waals surface area contributed by atoms with E-state index < -0.39 is 0 Å². The molecule has 1 aromatic rings. The van der Waals surface area contributed by atoms with Crippen molar-refractivity contribution in [2.75, 3.05) is 13.2 Å². The van der Waals surface area contributed by atoms with E-state index in [0.29, 0.717) is 19.8 Å². The highest BCUT2D eigenvalue weighted by Crippen LogP contribution is 2.13. The largest absolute Gasteiger partial charge is 0.376 e. The van der Waals surface area contributed by atoms with Crippen LogP contribution in [0.5, 0.6) is 0 Å². The van der Waals surface area contributed by atoms with Crippen LogP contribution in [0.1, 0.15) is 19.4 Å². The van der Waals surface area contributed by atoms with Crippen LogP contribution in [0.3, 0.4) is 0 Å². The summed E-state index contributed by atoms with van der Waals surface area (Å²) in [5, 5.41) is 0. The Morgan fingerprint density at radius 2 is 2.29 bits per heavy atom. The van der Waals surface area contributed by atoms with Gasteiger partial charge >= 0.3 is 0 Å². The van der Waals surface area contributed by atoms with E-state index in [0.717, 1.165) is 5.56 Å². The lowest BCUT2D eigenvalue weighted by Crippen LogP contribution is -2.28. The van der Waals surface area contributed by atoms with Crippen LogP contribution >= 0.6 is 0 Å². The maximum atomic E-state index is 5.59. The van der Waals surface area contributed by atoms with Gasteiger partial charge in [0.1, 0.15) is 0 Å². The van der Waals surface area contributed by atoms with Crippen LogP contribution in [0.2, 0.25) is 0 Å². The zero-order valence-electron chi connectivity index (χ0n) is 8.86. The molecule has 0 aliphatic heterocycles. The highest BCUT2D eigenvalue weighted by Gasteiger charge is 2.15. The van der Waals surface area contributed by atoms with Crippen LogP contribution in [-0.2, 0) is 11.3 Å². The zero-order valence-corrected chi connectivity index (χ0v) is 8.86. The van der Waals surface area contributed by atoms with E-state index in [1.54, 1.807) is 6.20 Å². The summed E-state index contributed by atoms with van der Waals surface area (Å²) in [5.41, 5.74) is 6.75. The number of nitrogens with two attached hydrogens (primary N) is 1. The number of ether oxygens (including phenoxy) is 1. The molecular formula is C11H18N2O. The van der Waals surface area contributed by atoms with Crippen molar-refractivity contribution < 1.29 is 4.74 Å². The number of nitrogens with zero attached hydrogens (tertiary/aromatic N) is 1. The second-order valence-corrected chi connectivity index (χ2v) is 4.22. The first-order valence-corrected chi connectivity index (χ1v) is 4.81. The summed E-state index contributed by atoms with van der Waals surface area (Å²) in [7, 11) is 0. The summed E-state index contributed by atoms with van der Waals surface area (Å²) in [4.78, 5) is 4.02. The normalized spacial score (nSPS) is 11.6. The second kappa shape index (κ2) is 5.08. The van der Waals surface area contributed by atoms with Crippen molar-refractivity contribution in [1.29, 1.82) is 0 Å². The van der Waals surface area contributed by atoms with Gasteiger partial charge in [-0.1, -0.05) is 19.9 Å². The van der Waals surface area contributed by atoms with Crippen LogP contribution in [0.15, 0.2) is 24.5 Å². The van der Waals surface area contributed by atoms with Crippen molar-refractivity contribution >= 4 is 0 Å². The molecule has 0 saturated carbocycles. The molecule has 0 amide bonds.